The molecule has 2 bridgehead atoms. The van der Waals surface area contributed by atoms with Crippen molar-refractivity contribution in [2.75, 3.05) is 6.61 Å². The normalized spacial score (nSPS) is 27.2. The molecule has 2 aliphatic heterocycles. The second-order valence-corrected chi connectivity index (χ2v) is 7.70. The van der Waals surface area contributed by atoms with Crippen molar-refractivity contribution < 1.29 is 9.90 Å². The zero-order valence-corrected chi connectivity index (χ0v) is 15.0. The molecule has 1 amide bonds. The highest BCUT2D eigenvalue weighted by atomic mass is 16.3. The smallest absolute Gasteiger partial charge is 0.223 e. The molecule has 2 saturated heterocycles. The van der Waals surface area contributed by atoms with Crippen molar-refractivity contribution in [1.29, 1.82) is 0 Å². The Labute approximate surface area is 153 Å². The van der Waals surface area contributed by atoms with E-state index in [2.05, 4.69) is 27.1 Å². The molecular formula is C20H26N4O2. The van der Waals surface area contributed by atoms with Crippen LogP contribution in [0.15, 0.2) is 43.0 Å². The van der Waals surface area contributed by atoms with Crippen molar-refractivity contribution in [3.8, 4) is 0 Å². The van der Waals surface area contributed by atoms with Gasteiger partial charge in [-0.15, -0.1) is 0 Å². The molecule has 1 aromatic carbocycles. The first-order chi connectivity index (χ1) is 12.7. The number of hydrogen-bond donors (Lipinski definition) is 1. The fourth-order valence-corrected chi connectivity index (χ4v) is 4.96. The third-order valence-electron chi connectivity index (χ3n) is 6.10. The molecule has 2 aromatic rings. The van der Waals surface area contributed by atoms with Gasteiger partial charge < -0.3 is 10.0 Å². The minimum absolute atomic E-state index is 0.145. The SMILES string of the molecule is O=C(CCCn1cncn1)N1[C@H]2CC[C@@H]1[C@@](CO)(Cc1ccccc1)C2. The van der Waals surface area contributed by atoms with Gasteiger partial charge >= 0.3 is 0 Å². The molecule has 26 heavy (non-hydrogen) atoms. The number of nitrogens with zero attached hydrogens (tertiary/aromatic N) is 4. The van der Waals surface area contributed by atoms with Crippen molar-refractivity contribution in [2.45, 2.75) is 57.2 Å². The van der Waals surface area contributed by atoms with E-state index in [1.807, 2.05) is 18.2 Å². The van der Waals surface area contributed by atoms with Crippen LogP contribution in [0.5, 0.6) is 0 Å². The summed E-state index contributed by atoms with van der Waals surface area (Å²) >= 11 is 0. The van der Waals surface area contributed by atoms with Crippen LogP contribution in [-0.4, -0.2) is 49.4 Å². The highest BCUT2D eigenvalue weighted by Crippen LogP contribution is 2.51. The number of rotatable bonds is 7. The molecule has 3 atom stereocenters. The predicted octanol–water partition coefficient (Wildman–Crippen LogP) is 2.04. The number of fused-ring (bicyclic) bond motifs is 2. The monoisotopic (exact) mass is 354 g/mol. The largest absolute Gasteiger partial charge is 0.396 e. The lowest BCUT2D eigenvalue weighted by molar-refractivity contribution is -0.133. The van der Waals surface area contributed by atoms with Gasteiger partial charge in [-0.2, -0.15) is 5.10 Å². The van der Waals surface area contributed by atoms with Crippen LogP contribution in [0.4, 0.5) is 0 Å². The van der Waals surface area contributed by atoms with Crippen molar-refractivity contribution >= 4 is 5.91 Å². The first kappa shape index (κ1) is 17.2. The number of aryl methyl sites for hydroxylation is 1. The quantitative estimate of drug-likeness (QED) is 0.826. The van der Waals surface area contributed by atoms with E-state index >= 15 is 0 Å². The number of aliphatic hydroxyl groups is 1. The highest BCUT2D eigenvalue weighted by molar-refractivity contribution is 5.78. The third-order valence-corrected chi connectivity index (χ3v) is 6.10. The molecule has 1 N–H and O–H groups in total. The predicted molar refractivity (Wildman–Crippen MR) is 97.2 cm³/mol. The Morgan fingerprint density at radius 3 is 2.85 bits per heavy atom. The van der Waals surface area contributed by atoms with Gasteiger partial charge in [-0.25, -0.2) is 4.98 Å². The second-order valence-electron chi connectivity index (χ2n) is 7.70. The van der Waals surface area contributed by atoms with Gasteiger partial charge in [0.1, 0.15) is 12.7 Å². The van der Waals surface area contributed by atoms with Crippen molar-refractivity contribution in [1.82, 2.24) is 19.7 Å². The van der Waals surface area contributed by atoms with Crippen molar-refractivity contribution in [3.63, 3.8) is 0 Å². The summed E-state index contributed by atoms with van der Waals surface area (Å²) in [6.07, 6.45) is 8.32. The summed E-state index contributed by atoms with van der Waals surface area (Å²) in [5.74, 6) is 0.223. The van der Waals surface area contributed by atoms with E-state index in [4.69, 9.17) is 0 Å². The van der Waals surface area contributed by atoms with Crippen LogP contribution in [-0.2, 0) is 17.8 Å². The number of carbonyl (C=O) groups excluding carboxylic acids is 1. The molecule has 6 heteroatoms. The summed E-state index contributed by atoms with van der Waals surface area (Å²) in [5.41, 5.74) is 1.05. The number of aromatic nitrogens is 3. The summed E-state index contributed by atoms with van der Waals surface area (Å²) in [5, 5.41) is 14.3. The van der Waals surface area contributed by atoms with Crippen molar-refractivity contribution in [3.05, 3.63) is 48.5 Å². The van der Waals surface area contributed by atoms with Gasteiger partial charge in [0.05, 0.1) is 6.61 Å². The number of amides is 1. The number of hydrogen-bond acceptors (Lipinski definition) is 4. The third kappa shape index (κ3) is 3.14. The fourth-order valence-electron chi connectivity index (χ4n) is 4.96. The Balaban J connectivity index is 1.42. The summed E-state index contributed by atoms with van der Waals surface area (Å²) in [6, 6.07) is 10.8. The molecule has 138 valence electrons. The lowest BCUT2D eigenvalue weighted by Crippen LogP contribution is -2.43. The van der Waals surface area contributed by atoms with Crippen LogP contribution in [0.2, 0.25) is 0 Å². The second kappa shape index (κ2) is 7.19. The average Bonchev–Trinajstić information content (AvgIpc) is 3.38. The standard InChI is InChI=1S/C20H26N4O2/c25-13-20(11-16-5-2-1-3-6-16)12-17-8-9-18(20)24(17)19(26)7-4-10-23-15-21-14-22-23/h1-3,5-6,14-15,17-18,25H,4,7-13H2/t17-,18+,20-/m0/s1. The van der Waals surface area contributed by atoms with E-state index in [-0.39, 0.29) is 30.0 Å². The molecule has 0 spiro atoms. The van der Waals surface area contributed by atoms with E-state index in [0.717, 1.165) is 32.1 Å². The zero-order valence-electron chi connectivity index (χ0n) is 15.0. The minimum Gasteiger partial charge on any atom is -0.396 e. The van der Waals surface area contributed by atoms with Crippen LogP contribution in [0.1, 0.15) is 37.7 Å². The lowest BCUT2D eigenvalue weighted by atomic mass is 9.70. The van der Waals surface area contributed by atoms with Gasteiger partial charge in [-0.1, -0.05) is 30.3 Å². The first-order valence-corrected chi connectivity index (χ1v) is 9.50. The Bertz CT molecular complexity index is 734. The van der Waals surface area contributed by atoms with Gasteiger partial charge in [0.25, 0.3) is 0 Å². The molecule has 2 fully saturated rings. The summed E-state index contributed by atoms with van der Waals surface area (Å²) < 4.78 is 1.76. The molecular weight excluding hydrogens is 328 g/mol. The maximum absolute atomic E-state index is 12.9. The van der Waals surface area contributed by atoms with Crippen LogP contribution < -0.4 is 0 Å². The van der Waals surface area contributed by atoms with E-state index in [1.165, 1.54) is 11.9 Å². The first-order valence-electron chi connectivity index (χ1n) is 9.50. The van der Waals surface area contributed by atoms with E-state index < -0.39 is 0 Å². The minimum atomic E-state index is -0.189. The van der Waals surface area contributed by atoms with Crippen LogP contribution in [0.25, 0.3) is 0 Å². The van der Waals surface area contributed by atoms with Gasteiger partial charge in [-0.05, 0) is 37.7 Å². The number of carbonyl (C=O) groups is 1. The summed E-state index contributed by atoms with van der Waals surface area (Å²) in [4.78, 5) is 18.9. The number of aliphatic hydroxyl groups excluding tert-OH is 1. The Morgan fingerprint density at radius 1 is 1.27 bits per heavy atom. The molecule has 0 radical (unpaired) electrons. The number of benzene rings is 1. The van der Waals surface area contributed by atoms with E-state index in [9.17, 15) is 9.90 Å². The summed E-state index contributed by atoms with van der Waals surface area (Å²) in [6.45, 7) is 0.857. The lowest BCUT2D eigenvalue weighted by Gasteiger charge is -2.36. The van der Waals surface area contributed by atoms with Gasteiger partial charge in [0.2, 0.25) is 5.91 Å². The van der Waals surface area contributed by atoms with Gasteiger partial charge in [0, 0.05) is 30.5 Å². The maximum atomic E-state index is 12.9. The Kier molecular flexibility index (Phi) is 4.76. The molecule has 0 aliphatic carbocycles. The topological polar surface area (TPSA) is 71.2 Å². The fraction of sp³-hybridized carbons (Fsp3) is 0.550. The summed E-state index contributed by atoms with van der Waals surface area (Å²) in [7, 11) is 0. The van der Waals surface area contributed by atoms with Gasteiger partial charge in [-0.3, -0.25) is 9.48 Å². The molecule has 0 unspecified atom stereocenters. The van der Waals surface area contributed by atoms with Crippen LogP contribution in [0.3, 0.4) is 0 Å². The van der Waals surface area contributed by atoms with Crippen LogP contribution >= 0.6 is 0 Å². The average molecular weight is 354 g/mol. The molecule has 4 rings (SSSR count). The van der Waals surface area contributed by atoms with E-state index in [1.54, 1.807) is 11.0 Å². The molecule has 1 aromatic heterocycles. The highest BCUT2D eigenvalue weighted by Gasteiger charge is 2.56. The van der Waals surface area contributed by atoms with Crippen LogP contribution in [0, 0.1) is 5.41 Å². The molecule has 2 aliphatic rings. The molecule has 0 saturated carbocycles. The zero-order chi connectivity index (χ0) is 18.0. The molecule has 3 heterocycles. The van der Waals surface area contributed by atoms with Crippen molar-refractivity contribution in [2.24, 2.45) is 5.41 Å². The van der Waals surface area contributed by atoms with Gasteiger partial charge in [0.15, 0.2) is 0 Å². The maximum Gasteiger partial charge on any atom is 0.223 e. The Morgan fingerprint density at radius 2 is 2.12 bits per heavy atom. The molecule has 6 nitrogen and oxygen atoms in total. The van der Waals surface area contributed by atoms with E-state index in [0.29, 0.717) is 13.0 Å². The Hall–Kier alpha value is -2.21.